The van der Waals surface area contributed by atoms with Crippen LogP contribution >= 0.6 is 0 Å². The van der Waals surface area contributed by atoms with Crippen molar-refractivity contribution < 1.29 is 13.9 Å². The lowest BCUT2D eigenvalue weighted by Crippen LogP contribution is -1.96. The summed E-state index contributed by atoms with van der Waals surface area (Å²) in [6.45, 7) is 2.56. The molecule has 0 atom stereocenters. The second kappa shape index (κ2) is 5.66. The van der Waals surface area contributed by atoms with Crippen molar-refractivity contribution in [2.45, 2.75) is 6.92 Å². The van der Waals surface area contributed by atoms with Crippen molar-refractivity contribution in [1.29, 1.82) is 0 Å². The summed E-state index contributed by atoms with van der Waals surface area (Å²) in [4.78, 5) is 11.2. The number of benzene rings is 1. The predicted octanol–water partition coefficient (Wildman–Crippen LogP) is 3.34. The molecule has 5 heteroatoms. The highest BCUT2D eigenvalue weighted by Crippen LogP contribution is 2.23. The van der Waals surface area contributed by atoms with Crippen LogP contribution in [0.5, 0.6) is 5.75 Å². The maximum Gasteiger partial charge on any atom is 0.154 e. The highest BCUT2D eigenvalue weighted by atomic mass is 16.5. The van der Waals surface area contributed by atoms with Gasteiger partial charge in [0.25, 0.3) is 0 Å². The molecule has 2 aromatic heterocycles. The Kier molecular flexibility index (Phi) is 3.55. The van der Waals surface area contributed by atoms with Gasteiger partial charge in [0, 0.05) is 6.20 Å². The van der Waals surface area contributed by atoms with Gasteiger partial charge in [-0.2, -0.15) is 5.10 Å². The molecule has 0 unspecified atom stereocenters. The molecule has 0 aliphatic heterocycles. The third-order valence-corrected chi connectivity index (χ3v) is 3.04. The first kappa shape index (κ1) is 13.2. The molecule has 1 aromatic carbocycles. The number of nitrogens with zero attached hydrogens (tertiary/aromatic N) is 2. The first-order valence-electron chi connectivity index (χ1n) is 6.63. The number of aromatic nitrogens is 2. The highest BCUT2D eigenvalue weighted by Gasteiger charge is 2.13. The molecule has 0 bridgehead atoms. The summed E-state index contributed by atoms with van der Waals surface area (Å²) in [6.07, 6.45) is 4.01. The van der Waals surface area contributed by atoms with E-state index < -0.39 is 0 Å². The Morgan fingerprint density at radius 2 is 2.10 bits per heavy atom. The lowest BCUT2D eigenvalue weighted by atomic mass is 10.2. The summed E-state index contributed by atoms with van der Waals surface area (Å²) in [7, 11) is 0. The van der Waals surface area contributed by atoms with Gasteiger partial charge in [-0.1, -0.05) is 0 Å². The van der Waals surface area contributed by atoms with Crippen LogP contribution in [0.2, 0.25) is 0 Å². The molecule has 0 spiro atoms. The van der Waals surface area contributed by atoms with Gasteiger partial charge in [-0.15, -0.1) is 0 Å². The van der Waals surface area contributed by atoms with E-state index >= 15 is 0 Å². The van der Waals surface area contributed by atoms with E-state index in [9.17, 15) is 4.79 Å². The Hall–Kier alpha value is -2.82. The lowest BCUT2D eigenvalue weighted by molar-refractivity contribution is 0.112. The quantitative estimate of drug-likeness (QED) is 0.673. The van der Waals surface area contributed by atoms with Crippen LogP contribution < -0.4 is 4.74 Å². The van der Waals surface area contributed by atoms with Crippen molar-refractivity contribution in [2.24, 2.45) is 0 Å². The zero-order valence-electron chi connectivity index (χ0n) is 11.5. The van der Waals surface area contributed by atoms with Gasteiger partial charge in [0.05, 0.1) is 24.1 Å². The third kappa shape index (κ3) is 2.58. The van der Waals surface area contributed by atoms with Crippen LogP contribution in [0.25, 0.3) is 17.1 Å². The summed E-state index contributed by atoms with van der Waals surface area (Å²) < 4.78 is 12.4. The third-order valence-electron chi connectivity index (χ3n) is 3.04. The molecule has 0 aliphatic rings. The van der Waals surface area contributed by atoms with Crippen molar-refractivity contribution in [3.63, 3.8) is 0 Å². The van der Waals surface area contributed by atoms with Gasteiger partial charge in [-0.3, -0.25) is 4.79 Å². The summed E-state index contributed by atoms with van der Waals surface area (Å²) >= 11 is 0. The number of carbonyl (C=O) groups is 1. The molecule has 0 saturated heterocycles. The monoisotopic (exact) mass is 282 g/mol. The molecule has 106 valence electrons. The summed E-state index contributed by atoms with van der Waals surface area (Å²) in [5, 5.41) is 4.42. The van der Waals surface area contributed by atoms with Gasteiger partial charge in [-0.25, -0.2) is 4.68 Å². The minimum atomic E-state index is 0.485. The molecule has 21 heavy (non-hydrogen) atoms. The molecular formula is C16H14N2O3. The molecule has 2 heterocycles. The number of aldehydes is 1. The van der Waals surface area contributed by atoms with Crippen molar-refractivity contribution in [2.75, 3.05) is 6.61 Å². The number of furan rings is 1. The van der Waals surface area contributed by atoms with E-state index in [4.69, 9.17) is 9.15 Å². The number of rotatable bonds is 5. The van der Waals surface area contributed by atoms with Crippen LogP contribution in [-0.4, -0.2) is 22.7 Å². The van der Waals surface area contributed by atoms with E-state index in [1.807, 2.05) is 31.2 Å². The van der Waals surface area contributed by atoms with Crippen molar-refractivity contribution in [3.05, 3.63) is 54.4 Å². The lowest BCUT2D eigenvalue weighted by Gasteiger charge is -2.04. The van der Waals surface area contributed by atoms with Crippen molar-refractivity contribution in [1.82, 2.24) is 9.78 Å². The molecule has 0 radical (unpaired) electrons. The van der Waals surface area contributed by atoms with E-state index in [0.717, 1.165) is 17.7 Å². The molecule has 5 nitrogen and oxygen atoms in total. The van der Waals surface area contributed by atoms with Crippen LogP contribution in [0, 0.1) is 0 Å². The topological polar surface area (TPSA) is 57.3 Å². The van der Waals surface area contributed by atoms with Gasteiger partial charge in [-0.05, 0) is 43.3 Å². The van der Waals surface area contributed by atoms with Gasteiger partial charge >= 0.3 is 0 Å². The molecule has 0 fully saturated rings. The number of hydrogen-bond acceptors (Lipinski definition) is 4. The minimum absolute atomic E-state index is 0.485. The Morgan fingerprint density at radius 1 is 1.29 bits per heavy atom. The second-order valence-corrected chi connectivity index (χ2v) is 4.40. The number of hydrogen-bond donors (Lipinski definition) is 0. The summed E-state index contributed by atoms with van der Waals surface area (Å²) in [5.41, 5.74) is 1.86. The fraction of sp³-hybridized carbons (Fsp3) is 0.125. The van der Waals surface area contributed by atoms with E-state index in [0.29, 0.717) is 23.6 Å². The Morgan fingerprint density at radius 3 is 2.71 bits per heavy atom. The van der Waals surface area contributed by atoms with Gasteiger partial charge in [0.15, 0.2) is 12.0 Å². The number of carbonyl (C=O) groups excluding carboxylic acids is 1. The summed E-state index contributed by atoms with van der Waals surface area (Å²) in [6, 6.07) is 11.1. The molecule has 0 saturated carbocycles. The zero-order valence-corrected chi connectivity index (χ0v) is 11.5. The maximum atomic E-state index is 11.2. The van der Waals surface area contributed by atoms with Crippen molar-refractivity contribution in [3.8, 4) is 22.9 Å². The largest absolute Gasteiger partial charge is 0.494 e. The van der Waals surface area contributed by atoms with Gasteiger partial charge < -0.3 is 9.15 Å². The Balaban J connectivity index is 1.97. The smallest absolute Gasteiger partial charge is 0.154 e. The van der Waals surface area contributed by atoms with E-state index in [-0.39, 0.29) is 0 Å². The van der Waals surface area contributed by atoms with E-state index in [1.54, 1.807) is 29.3 Å². The average molecular weight is 282 g/mol. The number of ether oxygens (including phenoxy) is 1. The molecule has 0 aliphatic carbocycles. The van der Waals surface area contributed by atoms with Crippen LogP contribution in [0.15, 0.2) is 53.3 Å². The Bertz CT molecular complexity index is 727. The Labute approximate surface area is 121 Å². The van der Waals surface area contributed by atoms with E-state index in [1.165, 1.54) is 0 Å². The molecular weight excluding hydrogens is 268 g/mol. The second-order valence-electron chi connectivity index (χ2n) is 4.40. The highest BCUT2D eigenvalue weighted by molar-refractivity contribution is 5.84. The SMILES string of the molecule is CCOc1ccc(-n2cc(C=O)c(-c3ccco3)n2)cc1. The van der Waals surface area contributed by atoms with Gasteiger partial charge in [0.1, 0.15) is 11.4 Å². The fourth-order valence-electron chi connectivity index (χ4n) is 2.07. The van der Waals surface area contributed by atoms with Crippen LogP contribution in [0.4, 0.5) is 0 Å². The molecule has 3 aromatic rings. The average Bonchev–Trinajstić information content (AvgIpc) is 3.17. The van der Waals surface area contributed by atoms with Crippen molar-refractivity contribution >= 4 is 6.29 Å². The first-order valence-corrected chi connectivity index (χ1v) is 6.63. The summed E-state index contributed by atoms with van der Waals surface area (Å²) in [5.74, 6) is 1.37. The zero-order chi connectivity index (χ0) is 14.7. The molecule has 3 rings (SSSR count). The van der Waals surface area contributed by atoms with Crippen LogP contribution in [0.3, 0.4) is 0 Å². The molecule has 0 amide bonds. The van der Waals surface area contributed by atoms with Crippen LogP contribution in [-0.2, 0) is 0 Å². The first-order chi connectivity index (χ1) is 10.3. The van der Waals surface area contributed by atoms with Gasteiger partial charge in [0.2, 0.25) is 0 Å². The van der Waals surface area contributed by atoms with E-state index in [2.05, 4.69) is 5.10 Å². The predicted molar refractivity (Wildman–Crippen MR) is 77.8 cm³/mol. The minimum Gasteiger partial charge on any atom is -0.494 e. The maximum absolute atomic E-state index is 11.2. The molecule has 0 N–H and O–H groups in total. The standard InChI is InChI=1S/C16H14N2O3/c1-2-20-14-7-5-13(6-8-14)18-10-12(11-19)16(17-18)15-4-3-9-21-15/h3-11H,2H2,1H3. The van der Waals surface area contributed by atoms with Crippen LogP contribution in [0.1, 0.15) is 17.3 Å². The normalized spacial score (nSPS) is 10.5. The fourth-order valence-corrected chi connectivity index (χ4v) is 2.07.